The number of piperazine rings is 1. The highest BCUT2D eigenvalue weighted by Crippen LogP contribution is 2.25. The molecule has 1 aliphatic heterocycles. The van der Waals surface area contributed by atoms with Crippen molar-refractivity contribution in [1.29, 1.82) is 0 Å². The van der Waals surface area contributed by atoms with E-state index in [4.69, 9.17) is 4.42 Å². The van der Waals surface area contributed by atoms with Gasteiger partial charge in [0.05, 0.1) is 19.2 Å². The van der Waals surface area contributed by atoms with Crippen LogP contribution in [0.3, 0.4) is 0 Å². The summed E-state index contributed by atoms with van der Waals surface area (Å²) in [6, 6.07) is 14.9. The van der Waals surface area contributed by atoms with E-state index < -0.39 is 22.0 Å². The average molecular weight is 474 g/mol. The number of benzene rings is 1. The molecule has 1 aliphatic rings. The Balaban J connectivity index is 1.53. The molecule has 168 valence electrons. The quantitative estimate of drug-likeness (QED) is 0.567. The van der Waals surface area contributed by atoms with Crippen LogP contribution in [-0.4, -0.2) is 55.1 Å². The Hall–Kier alpha value is -2.95. The van der Waals surface area contributed by atoms with Crippen molar-refractivity contribution in [1.82, 2.24) is 14.5 Å². The Kier molecular flexibility index (Phi) is 6.73. The molecular formula is C22H23N3O5S2. The van der Waals surface area contributed by atoms with E-state index in [-0.39, 0.29) is 42.7 Å². The molecule has 10 heteroatoms. The third kappa shape index (κ3) is 4.93. The van der Waals surface area contributed by atoms with Crippen molar-refractivity contribution >= 4 is 33.2 Å². The summed E-state index contributed by atoms with van der Waals surface area (Å²) >= 11 is 1.10. The molecule has 32 heavy (non-hydrogen) atoms. The molecule has 1 unspecified atom stereocenters. The number of carbonyl (C=O) groups is 2. The molecule has 1 N–H and O–H groups in total. The van der Waals surface area contributed by atoms with Gasteiger partial charge in [-0.25, -0.2) is 8.42 Å². The molecule has 8 nitrogen and oxygen atoms in total. The van der Waals surface area contributed by atoms with Crippen molar-refractivity contribution in [2.24, 2.45) is 0 Å². The van der Waals surface area contributed by atoms with Crippen LogP contribution in [0.25, 0.3) is 0 Å². The second-order valence-electron chi connectivity index (χ2n) is 7.36. The highest BCUT2D eigenvalue weighted by atomic mass is 32.2. The first-order valence-electron chi connectivity index (χ1n) is 10.1. The standard InChI is InChI=1S/C22H23N3O5S2/c26-20(14-17-6-2-1-3-7-17)24-10-11-25(32(28,29)21-9-5-13-31-21)19(16-24)22(27)23-15-18-8-4-12-30-18/h1-9,12-13,19H,10-11,14-16H2,(H,23,27). The van der Waals surface area contributed by atoms with E-state index in [9.17, 15) is 18.0 Å². The molecule has 1 aromatic carbocycles. The first kappa shape index (κ1) is 22.3. The molecule has 0 radical (unpaired) electrons. The van der Waals surface area contributed by atoms with E-state index in [2.05, 4.69) is 5.32 Å². The van der Waals surface area contributed by atoms with Gasteiger partial charge in [-0.1, -0.05) is 36.4 Å². The van der Waals surface area contributed by atoms with Crippen molar-refractivity contribution in [3.63, 3.8) is 0 Å². The zero-order valence-electron chi connectivity index (χ0n) is 17.2. The van der Waals surface area contributed by atoms with Crippen molar-refractivity contribution in [3.05, 3.63) is 77.6 Å². The summed E-state index contributed by atoms with van der Waals surface area (Å²) in [5.74, 6) is -0.0641. The minimum absolute atomic E-state index is 0.0136. The monoisotopic (exact) mass is 473 g/mol. The van der Waals surface area contributed by atoms with Crippen LogP contribution in [0.15, 0.2) is 74.9 Å². The Morgan fingerprint density at radius 3 is 2.56 bits per heavy atom. The Bertz CT molecular complexity index is 1150. The summed E-state index contributed by atoms with van der Waals surface area (Å²) in [6.07, 6.45) is 1.69. The van der Waals surface area contributed by atoms with Gasteiger partial charge in [0.25, 0.3) is 10.0 Å². The van der Waals surface area contributed by atoms with Crippen LogP contribution < -0.4 is 5.32 Å². The molecule has 0 aliphatic carbocycles. The summed E-state index contributed by atoms with van der Waals surface area (Å²) in [5.41, 5.74) is 0.866. The normalized spacial score (nSPS) is 17.2. The lowest BCUT2D eigenvalue weighted by atomic mass is 10.1. The van der Waals surface area contributed by atoms with Crippen LogP contribution in [-0.2, 0) is 32.6 Å². The van der Waals surface area contributed by atoms with E-state index in [1.165, 1.54) is 16.6 Å². The molecule has 1 atom stereocenters. The number of carbonyl (C=O) groups excluding carboxylic acids is 2. The number of nitrogens with zero attached hydrogens (tertiary/aromatic N) is 2. The minimum atomic E-state index is -3.86. The van der Waals surface area contributed by atoms with Gasteiger partial charge in [-0.2, -0.15) is 4.31 Å². The Morgan fingerprint density at radius 1 is 1.06 bits per heavy atom. The van der Waals surface area contributed by atoms with E-state index in [1.54, 1.807) is 28.5 Å². The fourth-order valence-corrected chi connectivity index (χ4v) is 6.30. The van der Waals surface area contributed by atoms with E-state index >= 15 is 0 Å². The van der Waals surface area contributed by atoms with Gasteiger partial charge < -0.3 is 14.6 Å². The number of hydrogen-bond acceptors (Lipinski definition) is 6. The lowest BCUT2D eigenvalue weighted by molar-refractivity contribution is -0.135. The number of thiophene rings is 1. The predicted octanol–water partition coefficient (Wildman–Crippen LogP) is 2.10. The van der Waals surface area contributed by atoms with Crippen LogP contribution in [0.1, 0.15) is 11.3 Å². The predicted molar refractivity (Wildman–Crippen MR) is 119 cm³/mol. The highest BCUT2D eigenvalue weighted by Gasteiger charge is 2.41. The fraction of sp³-hybridized carbons (Fsp3) is 0.273. The molecule has 1 fully saturated rings. The van der Waals surface area contributed by atoms with Crippen molar-refractivity contribution in [3.8, 4) is 0 Å². The van der Waals surface area contributed by atoms with Gasteiger partial charge in [-0.05, 0) is 29.1 Å². The van der Waals surface area contributed by atoms with Gasteiger partial charge in [0.15, 0.2) is 0 Å². The minimum Gasteiger partial charge on any atom is -0.467 e. The summed E-state index contributed by atoms with van der Waals surface area (Å²) in [6.45, 7) is 0.380. The number of amides is 2. The van der Waals surface area contributed by atoms with Crippen LogP contribution in [0.5, 0.6) is 0 Å². The Morgan fingerprint density at radius 2 is 1.88 bits per heavy atom. The van der Waals surface area contributed by atoms with Gasteiger partial charge in [0.2, 0.25) is 11.8 Å². The smallest absolute Gasteiger partial charge is 0.253 e. The summed E-state index contributed by atoms with van der Waals surface area (Å²) in [4.78, 5) is 27.5. The molecule has 1 saturated heterocycles. The number of hydrogen-bond donors (Lipinski definition) is 1. The fourth-order valence-electron chi connectivity index (χ4n) is 3.61. The lowest BCUT2D eigenvalue weighted by Gasteiger charge is -2.39. The van der Waals surface area contributed by atoms with Gasteiger partial charge in [0, 0.05) is 19.6 Å². The molecule has 3 aromatic rings. The topological polar surface area (TPSA) is 99.9 Å². The number of nitrogens with one attached hydrogen (secondary N) is 1. The number of furan rings is 1. The zero-order valence-corrected chi connectivity index (χ0v) is 18.8. The maximum atomic E-state index is 13.2. The van der Waals surface area contributed by atoms with Crippen LogP contribution >= 0.6 is 11.3 Å². The molecule has 0 bridgehead atoms. The molecular weight excluding hydrogens is 450 g/mol. The van der Waals surface area contributed by atoms with Gasteiger partial charge in [-0.15, -0.1) is 11.3 Å². The maximum absolute atomic E-state index is 13.2. The van der Waals surface area contributed by atoms with Crippen molar-refractivity contribution in [2.75, 3.05) is 19.6 Å². The van der Waals surface area contributed by atoms with Gasteiger partial charge in [-0.3, -0.25) is 9.59 Å². The largest absolute Gasteiger partial charge is 0.467 e. The Labute approximate surface area is 190 Å². The summed E-state index contributed by atoms with van der Waals surface area (Å²) < 4.78 is 33.0. The second-order valence-corrected chi connectivity index (χ2v) is 10.4. The summed E-state index contributed by atoms with van der Waals surface area (Å²) in [5, 5.41) is 4.42. The average Bonchev–Trinajstić information content (AvgIpc) is 3.52. The first-order chi connectivity index (χ1) is 15.4. The number of rotatable bonds is 7. The van der Waals surface area contributed by atoms with E-state index in [0.29, 0.717) is 5.76 Å². The first-order valence-corrected chi connectivity index (χ1v) is 12.4. The van der Waals surface area contributed by atoms with Crippen LogP contribution in [0, 0.1) is 0 Å². The molecule has 4 rings (SSSR count). The van der Waals surface area contributed by atoms with Crippen LogP contribution in [0.4, 0.5) is 0 Å². The highest BCUT2D eigenvalue weighted by molar-refractivity contribution is 7.91. The van der Waals surface area contributed by atoms with E-state index in [0.717, 1.165) is 16.9 Å². The zero-order chi connectivity index (χ0) is 22.6. The van der Waals surface area contributed by atoms with E-state index in [1.807, 2.05) is 30.3 Å². The SMILES string of the molecule is O=C(NCc1ccco1)C1CN(C(=O)Cc2ccccc2)CCN1S(=O)(=O)c1cccs1. The molecule has 3 heterocycles. The molecule has 2 amide bonds. The molecule has 2 aromatic heterocycles. The second kappa shape index (κ2) is 9.68. The van der Waals surface area contributed by atoms with Gasteiger partial charge >= 0.3 is 0 Å². The summed E-state index contributed by atoms with van der Waals surface area (Å²) in [7, 11) is -3.86. The van der Waals surface area contributed by atoms with Crippen molar-refractivity contribution < 1.29 is 22.4 Å². The lowest BCUT2D eigenvalue weighted by Crippen LogP contribution is -2.61. The molecule has 0 saturated carbocycles. The number of sulfonamides is 1. The maximum Gasteiger partial charge on any atom is 0.253 e. The third-order valence-corrected chi connectivity index (χ3v) is 8.54. The van der Waals surface area contributed by atoms with Gasteiger partial charge in [0.1, 0.15) is 16.0 Å². The van der Waals surface area contributed by atoms with Crippen molar-refractivity contribution in [2.45, 2.75) is 23.2 Å². The van der Waals surface area contributed by atoms with Crippen LogP contribution in [0.2, 0.25) is 0 Å². The third-order valence-electron chi connectivity index (χ3n) is 5.26. The molecule has 0 spiro atoms.